The molecule has 0 bridgehead atoms. The fourth-order valence-electron chi connectivity index (χ4n) is 5.12. The van der Waals surface area contributed by atoms with Gasteiger partial charge in [0.15, 0.2) is 0 Å². The minimum absolute atomic E-state index is 0.194. The van der Waals surface area contributed by atoms with Crippen LogP contribution in [-0.2, 0) is 0 Å². The van der Waals surface area contributed by atoms with Crippen molar-refractivity contribution < 1.29 is 13.6 Å². The third kappa shape index (κ3) is 2.88. The fraction of sp³-hybridized carbons (Fsp3) is 0.684. The van der Waals surface area contributed by atoms with Gasteiger partial charge in [0.2, 0.25) is 0 Å². The van der Waals surface area contributed by atoms with Gasteiger partial charge in [-0.2, -0.15) is 0 Å². The summed E-state index contributed by atoms with van der Waals surface area (Å²) in [6.45, 7) is 5.40. The Labute approximate surface area is 132 Å². The van der Waals surface area contributed by atoms with E-state index in [4.69, 9.17) is 4.74 Å². The molecule has 2 aliphatic heterocycles. The predicted molar refractivity (Wildman–Crippen MR) is 85.2 cm³/mol. The molecule has 2 unspecified atom stereocenters. The lowest BCUT2D eigenvalue weighted by Gasteiger charge is -2.41. The third-order valence-electron chi connectivity index (χ3n) is 6.28. The van der Waals surface area contributed by atoms with E-state index in [0.717, 1.165) is 30.4 Å². The highest BCUT2D eigenvalue weighted by atomic mass is 19.1. The maximum absolute atomic E-state index is 13.0. The molecular formula is C19H27FNO+. The molecule has 1 spiro atoms. The molecule has 1 aliphatic carbocycles. The number of benzene rings is 1. The van der Waals surface area contributed by atoms with Crippen LogP contribution in [0.2, 0.25) is 0 Å². The van der Waals surface area contributed by atoms with Crippen LogP contribution in [0.15, 0.2) is 24.3 Å². The van der Waals surface area contributed by atoms with Crippen LogP contribution in [0.4, 0.5) is 4.39 Å². The number of rotatable bonds is 2. The van der Waals surface area contributed by atoms with Gasteiger partial charge in [-0.1, -0.05) is 12.8 Å². The van der Waals surface area contributed by atoms with Crippen LogP contribution in [0.3, 0.4) is 0 Å². The molecule has 0 N–H and O–H groups in total. The Kier molecular flexibility index (Phi) is 3.85. The minimum atomic E-state index is -0.194. The van der Waals surface area contributed by atoms with Crippen LogP contribution >= 0.6 is 0 Å². The van der Waals surface area contributed by atoms with E-state index in [0.29, 0.717) is 6.10 Å². The number of fused-ring (bicyclic) bond motifs is 1. The molecule has 1 saturated carbocycles. The number of nitrogens with zero attached hydrogens (tertiary/aromatic N) is 1. The van der Waals surface area contributed by atoms with Crippen LogP contribution in [0.25, 0.3) is 0 Å². The molecule has 3 aliphatic rings. The molecule has 0 aromatic heterocycles. The van der Waals surface area contributed by atoms with Gasteiger partial charge in [-0.25, -0.2) is 4.39 Å². The average Bonchev–Trinajstić information content (AvgIpc) is 2.90. The normalized spacial score (nSPS) is 38.0. The number of hydrogen-bond acceptors (Lipinski definition) is 1. The summed E-state index contributed by atoms with van der Waals surface area (Å²) < 4.78 is 20.4. The number of ether oxygens (including phenoxy) is 1. The van der Waals surface area contributed by atoms with Crippen LogP contribution in [0.5, 0.6) is 5.75 Å². The lowest BCUT2D eigenvalue weighted by atomic mass is 9.82. The van der Waals surface area contributed by atoms with Crippen LogP contribution in [-0.4, -0.2) is 36.8 Å². The zero-order valence-electron chi connectivity index (χ0n) is 13.3. The van der Waals surface area contributed by atoms with Gasteiger partial charge in [0, 0.05) is 24.7 Å². The summed E-state index contributed by atoms with van der Waals surface area (Å²) in [4.78, 5) is 0. The minimum Gasteiger partial charge on any atom is -0.490 e. The second kappa shape index (κ2) is 5.84. The lowest BCUT2D eigenvalue weighted by molar-refractivity contribution is -0.924. The van der Waals surface area contributed by atoms with Crippen molar-refractivity contribution in [2.24, 2.45) is 11.8 Å². The zero-order chi connectivity index (χ0) is 15.0. The average molecular weight is 304 g/mol. The fourth-order valence-corrected chi connectivity index (χ4v) is 5.12. The van der Waals surface area contributed by atoms with E-state index in [-0.39, 0.29) is 5.82 Å². The number of hydrogen-bond donors (Lipinski definition) is 0. The number of piperidine rings is 1. The van der Waals surface area contributed by atoms with Gasteiger partial charge in [-0.15, -0.1) is 0 Å². The van der Waals surface area contributed by atoms with E-state index in [9.17, 15) is 4.39 Å². The maximum Gasteiger partial charge on any atom is 0.123 e. The first kappa shape index (κ1) is 14.5. The van der Waals surface area contributed by atoms with E-state index < -0.39 is 0 Å². The van der Waals surface area contributed by atoms with E-state index in [1.807, 2.05) is 0 Å². The van der Waals surface area contributed by atoms with Gasteiger partial charge < -0.3 is 9.22 Å². The maximum atomic E-state index is 13.0. The molecular weight excluding hydrogens is 277 g/mol. The van der Waals surface area contributed by atoms with Gasteiger partial charge in [0.05, 0.1) is 26.2 Å². The SMILES string of the molecule is Fc1ccc(OC2CC[N+]3(CC2)CC2CCCCC2C3)cc1. The Hall–Kier alpha value is -1.09. The molecule has 4 rings (SSSR count). The van der Waals surface area contributed by atoms with Gasteiger partial charge >= 0.3 is 0 Å². The smallest absolute Gasteiger partial charge is 0.123 e. The van der Waals surface area contributed by atoms with Crippen molar-refractivity contribution in [1.29, 1.82) is 0 Å². The summed E-state index contributed by atoms with van der Waals surface area (Å²) in [7, 11) is 0. The quantitative estimate of drug-likeness (QED) is 0.750. The van der Waals surface area contributed by atoms with Crippen LogP contribution in [0.1, 0.15) is 38.5 Å². The highest BCUT2D eigenvalue weighted by Crippen LogP contribution is 2.41. The van der Waals surface area contributed by atoms with Crippen molar-refractivity contribution >= 4 is 0 Å². The highest BCUT2D eigenvalue weighted by molar-refractivity contribution is 5.22. The second-order valence-corrected chi connectivity index (χ2v) is 7.73. The summed E-state index contributed by atoms with van der Waals surface area (Å²) in [5, 5.41) is 0. The molecule has 0 amide bonds. The number of halogens is 1. The lowest BCUT2D eigenvalue weighted by Crippen LogP contribution is -2.53. The Balaban J connectivity index is 1.33. The predicted octanol–water partition coefficient (Wildman–Crippen LogP) is 4.00. The van der Waals surface area contributed by atoms with Crippen molar-refractivity contribution in [2.45, 2.75) is 44.6 Å². The Morgan fingerprint density at radius 2 is 1.45 bits per heavy atom. The summed E-state index contributed by atoms with van der Waals surface area (Å²) in [5.74, 6) is 2.63. The standard InChI is InChI=1S/C19H27FNO/c20-17-5-7-18(8-6-17)22-19-9-11-21(12-10-19)13-15-3-1-2-4-16(15)14-21/h5-8,15-16,19H,1-4,9-14H2/q+1. The van der Waals surface area contributed by atoms with Gasteiger partial charge in [-0.3, -0.25) is 0 Å². The second-order valence-electron chi connectivity index (χ2n) is 7.73. The van der Waals surface area contributed by atoms with Gasteiger partial charge in [-0.05, 0) is 37.1 Å². The molecule has 2 saturated heterocycles. The molecule has 22 heavy (non-hydrogen) atoms. The van der Waals surface area contributed by atoms with Crippen molar-refractivity contribution in [3.63, 3.8) is 0 Å². The highest BCUT2D eigenvalue weighted by Gasteiger charge is 2.47. The zero-order valence-corrected chi connectivity index (χ0v) is 13.3. The Bertz CT molecular complexity index is 491. The number of quaternary nitrogens is 1. The monoisotopic (exact) mass is 304 g/mol. The van der Waals surface area contributed by atoms with Gasteiger partial charge in [0.25, 0.3) is 0 Å². The van der Waals surface area contributed by atoms with Crippen molar-refractivity contribution in [3.05, 3.63) is 30.1 Å². The van der Waals surface area contributed by atoms with E-state index in [2.05, 4.69) is 0 Å². The summed E-state index contributed by atoms with van der Waals surface area (Å²) in [5.41, 5.74) is 0. The largest absolute Gasteiger partial charge is 0.490 e. The molecule has 2 nitrogen and oxygen atoms in total. The first-order chi connectivity index (χ1) is 10.7. The molecule has 2 heterocycles. The molecule has 3 fully saturated rings. The topological polar surface area (TPSA) is 9.23 Å². The van der Waals surface area contributed by atoms with E-state index in [1.54, 1.807) is 12.1 Å². The van der Waals surface area contributed by atoms with Crippen molar-refractivity contribution in [2.75, 3.05) is 26.2 Å². The van der Waals surface area contributed by atoms with Gasteiger partial charge in [0.1, 0.15) is 17.7 Å². The van der Waals surface area contributed by atoms with Crippen molar-refractivity contribution in [1.82, 2.24) is 0 Å². The Morgan fingerprint density at radius 1 is 0.864 bits per heavy atom. The third-order valence-corrected chi connectivity index (χ3v) is 6.28. The first-order valence-corrected chi connectivity index (χ1v) is 9.00. The van der Waals surface area contributed by atoms with Crippen LogP contribution in [0, 0.1) is 17.7 Å². The first-order valence-electron chi connectivity index (χ1n) is 9.00. The molecule has 3 heteroatoms. The summed E-state index contributed by atoms with van der Waals surface area (Å²) >= 11 is 0. The van der Waals surface area contributed by atoms with E-state index in [1.165, 1.54) is 68.5 Å². The summed E-state index contributed by atoms with van der Waals surface area (Å²) in [6.07, 6.45) is 8.47. The molecule has 0 radical (unpaired) electrons. The van der Waals surface area contributed by atoms with Crippen LogP contribution < -0.4 is 4.74 Å². The Morgan fingerprint density at radius 3 is 2.05 bits per heavy atom. The summed E-state index contributed by atoms with van der Waals surface area (Å²) in [6, 6.07) is 6.46. The van der Waals surface area contributed by atoms with Crippen molar-refractivity contribution in [3.8, 4) is 5.75 Å². The van der Waals surface area contributed by atoms with E-state index >= 15 is 0 Å². The molecule has 120 valence electrons. The molecule has 1 aromatic rings. The molecule has 1 aromatic carbocycles. The molecule has 2 atom stereocenters.